The Hall–Kier alpha value is -3.11. The number of aryl methyl sites for hydroxylation is 1. The second kappa shape index (κ2) is 9.16. The molecule has 0 bridgehead atoms. The zero-order valence-corrected chi connectivity index (χ0v) is 20.8. The summed E-state index contributed by atoms with van der Waals surface area (Å²) >= 11 is 0. The minimum Gasteiger partial charge on any atom is -0.479 e. The third-order valence-corrected chi connectivity index (χ3v) is 9.05. The van der Waals surface area contributed by atoms with Gasteiger partial charge >= 0.3 is 0 Å². The molecule has 10 heteroatoms. The molecule has 2 atom stereocenters. The summed E-state index contributed by atoms with van der Waals surface area (Å²) < 4.78 is 34.4. The van der Waals surface area contributed by atoms with Crippen LogP contribution in [0.4, 0.5) is 11.4 Å². The molecule has 3 aliphatic heterocycles. The van der Waals surface area contributed by atoms with Crippen LogP contribution in [-0.2, 0) is 19.6 Å². The van der Waals surface area contributed by atoms with Crippen LogP contribution >= 0.6 is 0 Å². The molecule has 3 aliphatic rings. The SMILES string of the molecule is Cc1cc2c(cc1S(=O)(=O)N1CCCC1C(=O)N1CCN(c3ccccc3)CC1)OC(C)C(=O)N2. The third kappa shape index (κ3) is 4.36. The van der Waals surface area contributed by atoms with Crippen LogP contribution in [-0.4, -0.2) is 74.3 Å². The van der Waals surface area contributed by atoms with Gasteiger partial charge in [0, 0.05) is 44.5 Å². The first-order valence-electron chi connectivity index (χ1n) is 12.0. The molecule has 35 heavy (non-hydrogen) atoms. The highest BCUT2D eigenvalue weighted by molar-refractivity contribution is 7.89. The molecule has 186 valence electrons. The molecule has 0 aliphatic carbocycles. The maximum Gasteiger partial charge on any atom is 0.265 e. The molecule has 2 unspecified atom stereocenters. The first kappa shape index (κ1) is 23.6. The van der Waals surface area contributed by atoms with Crippen molar-refractivity contribution in [2.24, 2.45) is 0 Å². The Balaban J connectivity index is 1.33. The van der Waals surface area contributed by atoms with Gasteiger partial charge in [-0.25, -0.2) is 8.42 Å². The summed E-state index contributed by atoms with van der Waals surface area (Å²) in [7, 11) is -3.94. The zero-order valence-electron chi connectivity index (χ0n) is 19.9. The summed E-state index contributed by atoms with van der Waals surface area (Å²) in [6.45, 7) is 6.13. The van der Waals surface area contributed by atoms with Gasteiger partial charge in [-0.3, -0.25) is 9.59 Å². The maximum atomic E-state index is 13.7. The number of fused-ring (bicyclic) bond motifs is 1. The lowest BCUT2D eigenvalue weighted by Gasteiger charge is -2.38. The predicted molar refractivity (Wildman–Crippen MR) is 132 cm³/mol. The molecule has 0 saturated carbocycles. The minimum absolute atomic E-state index is 0.105. The number of rotatable bonds is 4. The first-order valence-corrected chi connectivity index (χ1v) is 13.4. The van der Waals surface area contributed by atoms with Gasteiger partial charge in [0.1, 0.15) is 11.8 Å². The van der Waals surface area contributed by atoms with Gasteiger partial charge in [0.25, 0.3) is 5.91 Å². The number of anilines is 2. The van der Waals surface area contributed by atoms with E-state index in [-0.39, 0.29) is 16.7 Å². The smallest absolute Gasteiger partial charge is 0.265 e. The van der Waals surface area contributed by atoms with Crippen LogP contribution in [0, 0.1) is 6.92 Å². The second-order valence-corrected chi connectivity index (χ2v) is 11.1. The van der Waals surface area contributed by atoms with Gasteiger partial charge in [0.05, 0.1) is 10.6 Å². The van der Waals surface area contributed by atoms with E-state index in [9.17, 15) is 18.0 Å². The van der Waals surface area contributed by atoms with Gasteiger partial charge in [-0.05, 0) is 50.5 Å². The maximum absolute atomic E-state index is 13.7. The van der Waals surface area contributed by atoms with E-state index < -0.39 is 22.2 Å². The van der Waals surface area contributed by atoms with Crippen LogP contribution in [0.3, 0.4) is 0 Å². The number of amides is 2. The summed E-state index contributed by atoms with van der Waals surface area (Å²) in [5.74, 6) is -0.0861. The fraction of sp³-hybridized carbons (Fsp3) is 0.440. The van der Waals surface area contributed by atoms with Crippen LogP contribution in [0.15, 0.2) is 47.4 Å². The molecule has 0 spiro atoms. The minimum atomic E-state index is -3.94. The van der Waals surface area contributed by atoms with Gasteiger partial charge < -0.3 is 19.9 Å². The Morgan fingerprint density at radius 2 is 1.77 bits per heavy atom. The van der Waals surface area contributed by atoms with Crippen LogP contribution < -0.4 is 15.0 Å². The molecule has 5 rings (SSSR count). The van der Waals surface area contributed by atoms with Gasteiger partial charge in [0.15, 0.2) is 6.10 Å². The van der Waals surface area contributed by atoms with E-state index in [0.29, 0.717) is 62.6 Å². The van der Waals surface area contributed by atoms with E-state index in [1.54, 1.807) is 24.8 Å². The van der Waals surface area contributed by atoms with Crippen molar-refractivity contribution in [1.29, 1.82) is 0 Å². The molecule has 2 aromatic rings. The summed E-state index contributed by atoms with van der Waals surface area (Å²) in [6.07, 6.45) is 0.425. The summed E-state index contributed by atoms with van der Waals surface area (Å²) in [6, 6.07) is 12.5. The summed E-state index contributed by atoms with van der Waals surface area (Å²) in [5.41, 5.74) is 2.08. The Labute approximate surface area is 205 Å². The predicted octanol–water partition coefficient (Wildman–Crippen LogP) is 2.22. The van der Waals surface area contributed by atoms with Crippen molar-refractivity contribution in [3.05, 3.63) is 48.0 Å². The zero-order chi connectivity index (χ0) is 24.7. The summed E-state index contributed by atoms with van der Waals surface area (Å²) in [5, 5.41) is 2.75. The Bertz CT molecular complexity index is 1240. The van der Waals surface area contributed by atoms with Crippen molar-refractivity contribution in [3.63, 3.8) is 0 Å². The van der Waals surface area contributed by atoms with E-state index in [2.05, 4.69) is 22.3 Å². The number of para-hydroxylation sites is 1. The molecule has 2 fully saturated rings. The molecular formula is C25H30N4O5S. The standard InChI is InChI=1S/C25H30N4O5S/c1-17-15-20-22(34-18(2)24(30)26-20)16-23(17)35(32,33)29-10-6-9-21(29)25(31)28-13-11-27(12-14-28)19-7-4-3-5-8-19/h3-5,7-8,15-16,18,21H,6,9-14H2,1-2H3,(H,26,30). The molecule has 2 aromatic carbocycles. The van der Waals surface area contributed by atoms with Crippen molar-refractivity contribution in [1.82, 2.24) is 9.21 Å². The highest BCUT2D eigenvalue weighted by Gasteiger charge is 2.42. The van der Waals surface area contributed by atoms with E-state index >= 15 is 0 Å². The molecule has 2 saturated heterocycles. The lowest BCUT2D eigenvalue weighted by atomic mass is 10.1. The number of carbonyl (C=O) groups excluding carboxylic acids is 2. The van der Waals surface area contributed by atoms with E-state index in [4.69, 9.17) is 4.74 Å². The molecule has 3 heterocycles. The second-order valence-electron chi connectivity index (χ2n) is 9.28. The monoisotopic (exact) mass is 498 g/mol. The molecule has 0 radical (unpaired) electrons. The number of sulfonamides is 1. The van der Waals surface area contributed by atoms with Crippen LogP contribution in [0.5, 0.6) is 5.75 Å². The largest absolute Gasteiger partial charge is 0.479 e. The molecular weight excluding hydrogens is 468 g/mol. The Morgan fingerprint density at radius 3 is 2.49 bits per heavy atom. The lowest BCUT2D eigenvalue weighted by molar-refractivity contribution is -0.134. The number of piperazine rings is 1. The van der Waals surface area contributed by atoms with Crippen LogP contribution in [0.1, 0.15) is 25.3 Å². The van der Waals surface area contributed by atoms with Crippen molar-refractivity contribution in [2.75, 3.05) is 42.9 Å². The molecule has 9 nitrogen and oxygen atoms in total. The van der Waals surface area contributed by atoms with E-state index in [1.807, 2.05) is 18.2 Å². The van der Waals surface area contributed by atoms with Gasteiger partial charge in [-0.1, -0.05) is 18.2 Å². The molecule has 2 amide bonds. The van der Waals surface area contributed by atoms with E-state index in [0.717, 1.165) is 5.69 Å². The Morgan fingerprint density at radius 1 is 1.06 bits per heavy atom. The number of benzene rings is 2. The van der Waals surface area contributed by atoms with Crippen molar-refractivity contribution < 1.29 is 22.7 Å². The third-order valence-electron chi connectivity index (χ3n) is 7.00. The summed E-state index contributed by atoms with van der Waals surface area (Å²) in [4.78, 5) is 29.5. The lowest BCUT2D eigenvalue weighted by Crippen LogP contribution is -2.54. The van der Waals surface area contributed by atoms with Gasteiger partial charge in [-0.2, -0.15) is 4.31 Å². The topological polar surface area (TPSA) is 99.3 Å². The molecule has 0 aromatic heterocycles. The van der Waals surface area contributed by atoms with Gasteiger partial charge in [-0.15, -0.1) is 0 Å². The van der Waals surface area contributed by atoms with E-state index in [1.165, 1.54) is 10.4 Å². The number of hydrogen-bond donors (Lipinski definition) is 1. The van der Waals surface area contributed by atoms with Crippen molar-refractivity contribution >= 4 is 33.2 Å². The fourth-order valence-corrected chi connectivity index (χ4v) is 6.93. The molecule has 1 N–H and O–H groups in total. The normalized spacial score (nSPS) is 23.0. The number of ether oxygens (including phenoxy) is 1. The number of carbonyl (C=O) groups is 2. The highest BCUT2D eigenvalue weighted by atomic mass is 32.2. The van der Waals surface area contributed by atoms with Crippen molar-refractivity contribution in [2.45, 2.75) is 43.7 Å². The first-order chi connectivity index (χ1) is 16.8. The number of nitrogens with one attached hydrogen (secondary N) is 1. The fourth-order valence-electron chi connectivity index (χ4n) is 5.06. The van der Waals surface area contributed by atoms with Crippen LogP contribution in [0.25, 0.3) is 0 Å². The van der Waals surface area contributed by atoms with Gasteiger partial charge in [0.2, 0.25) is 15.9 Å². The Kier molecular flexibility index (Phi) is 6.18. The average Bonchev–Trinajstić information content (AvgIpc) is 3.36. The van der Waals surface area contributed by atoms with Crippen LogP contribution in [0.2, 0.25) is 0 Å². The number of hydrogen-bond acceptors (Lipinski definition) is 6. The quantitative estimate of drug-likeness (QED) is 0.694. The van der Waals surface area contributed by atoms with Crippen molar-refractivity contribution in [3.8, 4) is 5.75 Å². The average molecular weight is 499 g/mol. The number of nitrogens with zero attached hydrogens (tertiary/aromatic N) is 3. The highest BCUT2D eigenvalue weighted by Crippen LogP contribution is 2.37.